The number of carbonyl (C=O) groups excluding carboxylic acids is 1. The van der Waals surface area contributed by atoms with Gasteiger partial charge in [0.25, 0.3) is 5.69 Å². The predicted molar refractivity (Wildman–Crippen MR) is 113 cm³/mol. The van der Waals surface area contributed by atoms with Crippen LogP contribution in [-0.2, 0) is 4.79 Å². The summed E-state index contributed by atoms with van der Waals surface area (Å²) in [5, 5.41) is 22.6. The van der Waals surface area contributed by atoms with Crippen molar-refractivity contribution in [2.75, 3.05) is 11.1 Å². The highest BCUT2D eigenvalue weighted by molar-refractivity contribution is 8.00. The monoisotopic (exact) mass is 420 g/mol. The maximum atomic E-state index is 12.3. The van der Waals surface area contributed by atoms with Gasteiger partial charge in [0.1, 0.15) is 17.4 Å². The minimum atomic E-state index is -0.466. The highest BCUT2D eigenvalue weighted by atomic mass is 32.2. The molecule has 0 aliphatic heterocycles. The molecule has 1 amide bonds. The van der Waals surface area contributed by atoms with Gasteiger partial charge in [-0.3, -0.25) is 14.9 Å². The molecule has 9 heteroatoms. The van der Waals surface area contributed by atoms with Gasteiger partial charge in [-0.2, -0.15) is 5.26 Å². The van der Waals surface area contributed by atoms with Crippen LogP contribution in [0.5, 0.6) is 11.6 Å². The fraction of sp³-hybridized carbons (Fsp3) is 0.0952. The minimum Gasteiger partial charge on any atom is -0.438 e. The minimum absolute atomic E-state index is 0.00864. The number of rotatable bonds is 7. The molecule has 0 fully saturated rings. The number of hydrogen-bond donors (Lipinski definition) is 1. The lowest BCUT2D eigenvalue weighted by Gasteiger charge is -2.11. The zero-order valence-electron chi connectivity index (χ0n) is 15.9. The van der Waals surface area contributed by atoms with Crippen LogP contribution in [0.1, 0.15) is 11.1 Å². The number of aromatic nitrogens is 1. The number of nitro benzene ring substituents is 1. The number of aryl methyl sites for hydroxylation is 1. The Kier molecular flexibility index (Phi) is 6.62. The Morgan fingerprint density at radius 3 is 2.70 bits per heavy atom. The maximum absolute atomic E-state index is 12.3. The molecule has 0 radical (unpaired) electrons. The van der Waals surface area contributed by atoms with Gasteiger partial charge >= 0.3 is 0 Å². The third-order valence-electron chi connectivity index (χ3n) is 4.00. The molecule has 2 aromatic carbocycles. The van der Waals surface area contributed by atoms with Crippen LogP contribution in [0.25, 0.3) is 0 Å². The average molecular weight is 420 g/mol. The summed E-state index contributed by atoms with van der Waals surface area (Å²) >= 11 is 1.28. The van der Waals surface area contributed by atoms with E-state index >= 15 is 0 Å². The number of nitrogens with one attached hydrogen (secondary N) is 1. The summed E-state index contributed by atoms with van der Waals surface area (Å²) in [5.41, 5.74) is 1.76. The smallest absolute Gasteiger partial charge is 0.269 e. The Bertz CT molecular complexity index is 1130. The molecule has 150 valence electrons. The first-order valence-corrected chi connectivity index (χ1v) is 9.75. The molecule has 0 aliphatic rings. The Hall–Kier alpha value is -3.90. The van der Waals surface area contributed by atoms with Gasteiger partial charge in [0, 0.05) is 28.9 Å². The Morgan fingerprint density at radius 1 is 1.27 bits per heavy atom. The molecule has 8 nitrogen and oxygen atoms in total. The molecule has 0 unspecified atom stereocenters. The van der Waals surface area contributed by atoms with Gasteiger partial charge in [-0.15, -0.1) is 11.8 Å². The van der Waals surface area contributed by atoms with Crippen LogP contribution in [0, 0.1) is 28.4 Å². The van der Waals surface area contributed by atoms with Gasteiger partial charge in [-0.25, -0.2) is 4.98 Å². The second-order valence-corrected chi connectivity index (χ2v) is 7.18. The van der Waals surface area contributed by atoms with E-state index in [2.05, 4.69) is 10.3 Å². The van der Waals surface area contributed by atoms with Gasteiger partial charge in [0.15, 0.2) is 0 Å². The van der Waals surface area contributed by atoms with Gasteiger partial charge in [-0.05, 0) is 55.0 Å². The van der Waals surface area contributed by atoms with E-state index in [-0.39, 0.29) is 23.2 Å². The van der Waals surface area contributed by atoms with Crippen molar-refractivity contribution in [2.24, 2.45) is 0 Å². The van der Waals surface area contributed by atoms with Crippen molar-refractivity contribution in [1.29, 1.82) is 5.26 Å². The normalized spacial score (nSPS) is 10.1. The fourth-order valence-corrected chi connectivity index (χ4v) is 3.21. The number of non-ortho nitro benzene ring substituents is 1. The van der Waals surface area contributed by atoms with Crippen molar-refractivity contribution in [3.63, 3.8) is 0 Å². The van der Waals surface area contributed by atoms with E-state index in [0.717, 1.165) is 10.5 Å². The second-order valence-electron chi connectivity index (χ2n) is 6.13. The Labute approximate surface area is 176 Å². The van der Waals surface area contributed by atoms with Crippen LogP contribution >= 0.6 is 11.8 Å². The largest absolute Gasteiger partial charge is 0.438 e. The predicted octanol–water partition coefficient (Wildman–Crippen LogP) is 4.69. The van der Waals surface area contributed by atoms with E-state index in [4.69, 9.17) is 10.00 Å². The molecule has 30 heavy (non-hydrogen) atoms. The lowest BCUT2D eigenvalue weighted by molar-refractivity contribution is -0.384. The molecule has 3 rings (SSSR count). The Morgan fingerprint density at radius 2 is 2.03 bits per heavy atom. The summed E-state index contributed by atoms with van der Waals surface area (Å²) in [6.45, 7) is 1.83. The molecular weight excluding hydrogens is 404 g/mol. The van der Waals surface area contributed by atoms with E-state index in [1.807, 2.05) is 13.0 Å². The maximum Gasteiger partial charge on any atom is 0.269 e. The van der Waals surface area contributed by atoms with Crippen LogP contribution < -0.4 is 10.1 Å². The summed E-state index contributed by atoms with van der Waals surface area (Å²) < 4.78 is 5.67. The SMILES string of the molecule is Cc1cc(Oc2ncccc2C#N)ccc1NC(=O)CSc1ccc([N+](=O)[O-])cc1. The molecule has 0 bridgehead atoms. The fourth-order valence-electron chi connectivity index (χ4n) is 2.51. The summed E-state index contributed by atoms with van der Waals surface area (Å²) in [6, 6.07) is 16.5. The van der Waals surface area contributed by atoms with E-state index in [1.165, 1.54) is 23.9 Å². The number of thioether (sulfide) groups is 1. The molecule has 3 aromatic rings. The number of nitriles is 1. The molecule has 0 saturated heterocycles. The number of ether oxygens (including phenoxy) is 1. The van der Waals surface area contributed by atoms with Crippen molar-refractivity contribution < 1.29 is 14.5 Å². The van der Waals surface area contributed by atoms with Gasteiger partial charge in [0.2, 0.25) is 11.8 Å². The first kappa shape index (κ1) is 20.8. The van der Waals surface area contributed by atoms with Crippen LogP contribution in [0.15, 0.2) is 65.7 Å². The molecule has 0 atom stereocenters. The molecule has 1 aromatic heterocycles. The molecular formula is C21H16N4O4S. The Balaban J connectivity index is 1.59. The number of anilines is 1. The summed E-state index contributed by atoms with van der Waals surface area (Å²) in [7, 11) is 0. The number of benzene rings is 2. The quantitative estimate of drug-likeness (QED) is 0.334. The van der Waals surface area contributed by atoms with E-state index in [9.17, 15) is 14.9 Å². The molecule has 0 aliphatic carbocycles. The highest BCUT2D eigenvalue weighted by Crippen LogP contribution is 2.27. The first-order valence-electron chi connectivity index (χ1n) is 8.77. The third-order valence-corrected chi connectivity index (χ3v) is 5.01. The molecule has 0 spiro atoms. The average Bonchev–Trinajstić information content (AvgIpc) is 2.75. The number of carbonyl (C=O) groups is 1. The summed E-state index contributed by atoms with van der Waals surface area (Å²) in [4.78, 5) is 27.3. The van der Waals surface area contributed by atoms with Gasteiger partial charge in [-0.1, -0.05) is 0 Å². The van der Waals surface area contributed by atoms with Crippen molar-refractivity contribution in [1.82, 2.24) is 4.98 Å². The highest BCUT2D eigenvalue weighted by Gasteiger charge is 2.10. The summed E-state index contributed by atoms with van der Waals surface area (Å²) in [6.07, 6.45) is 1.54. The molecule has 0 saturated carbocycles. The van der Waals surface area contributed by atoms with E-state index in [1.54, 1.807) is 48.7 Å². The number of nitrogens with zero attached hydrogens (tertiary/aromatic N) is 3. The van der Waals surface area contributed by atoms with Crippen LogP contribution in [0.2, 0.25) is 0 Å². The number of nitro groups is 1. The van der Waals surface area contributed by atoms with Crippen LogP contribution in [0.4, 0.5) is 11.4 Å². The number of hydrogen-bond acceptors (Lipinski definition) is 7. The lowest BCUT2D eigenvalue weighted by Crippen LogP contribution is -2.14. The zero-order chi connectivity index (χ0) is 21.5. The van der Waals surface area contributed by atoms with Crippen molar-refractivity contribution >= 4 is 29.0 Å². The van der Waals surface area contributed by atoms with Crippen molar-refractivity contribution in [3.05, 3.63) is 82.0 Å². The molecule has 1 N–H and O–H groups in total. The third kappa shape index (κ3) is 5.33. The first-order chi connectivity index (χ1) is 14.5. The molecule has 1 heterocycles. The summed E-state index contributed by atoms with van der Waals surface area (Å²) in [5.74, 6) is 0.679. The van der Waals surface area contributed by atoms with Gasteiger partial charge in [0.05, 0.1) is 10.7 Å². The zero-order valence-corrected chi connectivity index (χ0v) is 16.7. The van der Waals surface area contributed by atoms with Crippen molar-refractivity contribution in [3.8, 4) is 17.7 Å². The van der Waals surface area contributed by atoms with Crippen molar-refractivity contribution in [2.45, 2.75) is 11.8 Å². The van der Waals surface area contributed by atoms with Crippen LogP contribution in [-0.4, -0.2) is 21.6 Å². The van der Waals surface area contributed by atoms with E-state index < -0.39 is 4.92 Å². The lowest BCUT2D eigenvalue weighted by atomic mass is 10.2. The van der Waals surface area contributed by atoms with Gasteiger partial charge < -0.3 is 10.1 Å². The second kappa shape index (κ2) is 9.54. The van der Waals surface area contributed by atoms with E-state index in [0.29, 0.717) is 17.0 Å². The standard InChI is InChI=1S/C21H16N4O4S/c1-14-11-17(29-21-15(12-22)3-2-10-23-21)6-9-19(14)24-20(26)13-30-18-7-4-16(5-8-18)25(27)28/h2-11H,13H2,1H3,(H,24,26). The number of amides is 1. The van der Waals surface area contributed by atoms with Crippen LogP contribution in [0.3, 0.4) is 0 Å². The number of pyridine rings is 1. The topological polar surface area (TPSA) is 118 Å².